The molecule has 0 spiro atoms. The smallest absolute Gasteiger partial charge is 0.329 e. The Morgan fingerprint density at radius 3 is 2.06 bits per heavy atom. The highest BCUT2D eigenvalue weighted by Crippen LogP contribution is 2.18. The molecule has 0 aromatic heterocycles. The van der Waals surface area contributed by atoms with Gasteiger partial charge < -0.3 is 56.9 Å². The first-order chi connectivity index (χ1) is 33.0. The van der Waals surface area contributed by atoms with Gasteiger partial charge in [0.25, 0.3) is 0 Å². The maximum atomic E-state index is 13.8. The number of amides is 7. The first kappa shape index (κ1) is 60.3. The number of unbranched alkanes of at least 4 members (excludes halogenated alkanes) is 4. The van der Waals surface area contributed by atoms with E-state index in [1.807, 2.05) is 19.9 Å². The molecule has 1 aliphatic rings. The number of ether oxygens (including phenoxy) is 1. The Morgan fingerprint density at radius 2 is 1.47 bits per heavy atom. The molecule has 19 heteroatoms. The minimum Gasteiger partial charge on any atom is -0.508 e. The number of nitrogens with one attached hydrogen (secondary N) is 6. The number of phenolic OH excluding ortho intramolecular Hbond substituents is 1. The Labute approximate surface area is 413 Å². The molecule has 9 N–H and O–H groups in total. The van der Waals surface area contributed by atoms with Crippen LogP contribution in [-0.4, -0.2) is 136 Å². The lowest BCUT2D eigenvalue weighted by atomic mass is 9.99. The number of nitrogens with zero attached hydrogens (tertiary/aromatic N) is 1. The van der Waals surface area contributed by atoms with Crippen LogP contribution in [0.3, 0.4) is 0 Å². The number of hydrogen-bond donors (Lipinski definition) is 9. The van der Waals surface area contributed by atoms with Crippen LogP contribution in [0, 0.1) is 23.7 Å². The van der Waals surface area contributed by atoms with Crippen LogP contribution in [0.1, 0.15) is 119 Å². The SMILES string of the molecule is CCCCCC/C=C\CC(=O)N[C@@H](CC(C)C)C(=O)N[C@H](C(=O)N[C@@H](CO)[C@@H](O)CC(=O)N[C@H](C(=O)N[C@@H]1/C=C/C(=O)N[C@@H](C(C)C)C(=O)N(C)[C@@H](Cc2ccc(O)cc2)C(=O)OC1)C(C)C)C(C)C. The van der Waals surface area contributed by atoms with Crippen molar-refractivity contribution in [3.63, 3.8) is 0 Å². The number of rotatable bonds is 26. The molecule has 0 radical (unpaired) electrons. The van der Waals surface area contributed by atoms with Crippen molar-refractivity contribution in [3.8, 4) is 5.75 Å². The molecule has 8 atom stereocenters. The lowest BCUT2D eigenvalue weighted by molar-refractivity contribution is -0.156. The predicted octanol–water partition coefficient (Wildman–Crippen LogP) is 2.46. The van der Waals surface area contributed by atoms with Gasteiger partial charge in [-0.1, -0.05) is 112 Å². The molecule has 7 amide bonds. The number of carbonyl (C=O) groups excluding carboxylic acids is 8. The van der Waals surface area contributed by atoms with Crippen molar-refractivity contribution in [1.82, 2.24) is 36.8 Å². The number of phenols is 1. The van der Waals surface area contributed by atoms with Crippen LogP contribution in [0.5, 0.6) is 5.75 Å². The van der Waals surface area contributed by atoms with Crippen LogP contribution in [0.15, 0.2) is 48.6 Å². The highest BCUT2D eigenvalue weighted by molar-refractivity contribution is 5.95. The van der Waals surface area contributed by atoms with Crippen molar-refractivity contribution in [2.75, 3.05) is 20.3 Å². The number of aromatic hydroxyl groups is 1. The van der Waals surface area contributed by atoms with Crippen molar-refractivity contribution >= 4 is 47.3 Å². The van der Waals surface area contributed by atoms with Gasteiger partial charge in [0, 0.05) is 26.0 Å². The molecule has 392 valence electrons. The standard InChI is InChI=1S/C51H81N7O12/c1-11-12-13-14-15-16-17-18-41(62)53-37(25-30(2)3)47(65)57-45(32(6)7)49(67)54-38(28-59)40(61)27-43(64)56-44(31(4)5)48(66)52-35-21-24-42(63)55-46(33(8)9)50(68)58(10)39(51(69)70-29-35)26-34-19-22-36(60)23-20-34/h16-17,19-24,30-33,35,37-40,44-46,59-61H,11-15,18,25-29H2,1-10H3,(H,52,66)(H,53,62)(H,54,67)(H,55,63)(H,56,64)(H,57,65)/b17-16-,24-21+/t35-,37+,38+,39+,40+,44+,45+,46+/m1/s1. The van der Waals surface area contributed by atoms with E-state index in [2.05, 4.69) is 38.8 Å². The second-order valence-corrected chi connectivity index (χ2v) is 19.5. The Hall–Kier alpha value is -5.82. The van der Waals surface area contributed by atoms with Crippen LogP contribution in [0.25, 0.3) is 0 Å². The second kappa shape index (κ2) is 30.7. The molecule has 0 unspecified atom stereocenters. The minimum absolute atomic E-state index is 0.00746. The maximum absolute atomic E-state index is 13.8. The van der Waals surface area contributed by atoms with Gasteiger partial charge in [0.15, 0.2) is 0 Å². The van der Waals surface area contributed by atoms with Crippen LogP contribution in [0.2, 0.25) is 0 Å². The van der Waals surface area contributed by atoms with E-state index in [1.165, 1.54) is 30.2 Å². The number of benzene rings is 1. The van der Waals surface area contributed by atoms with Crippen LogP contribution in [-0.2, 0) is 49.5 Å². The van der Waals surface area contributed by atoms with E-state index in [4.69, 9.17) is 4.74 Å². The minimum atomic E-state index is -1.65. The number of aliphatic hydroxyl groups excluding tert-OH is 2. The van der Waals surface area contributed by atoms with E-state index < -0.39 is 121 Å². The summed E-state index contributed by atoms with van der Waals surface area (Å²) in [6.07, 6.45) is 9.52. The summed E-state index contributed by atoms with van der Waals surface area (Å²) in [5.74, 6) is -6.53. The summed E-state index contributed by atoms with van der Waals surface area (Å²) in [6.45, 7) is 14.8. The normalized spacial score (nSPS) is 19.6. The van der Waals surface area contributed by atoms with E-state index in [0.717, 1.165) is 38.2 Å². The Balaban J connectivity index is 2.17. The maximum Gasteiger partial charge on any atom is 0.329 e. The number of likely N-dealkylation sites (N-methyl/N-ethyl adjacent to an activating group) is 1. The Kier molecular flexibility index (Phi) is 26.5. The molecule has 0 bridgehead atoms. The van der Waals surface area contributed by atoms with Crippen molar-refractivity contribution in [2.45, 2.75) is 168 Å². The second-order valence-electron chi connectivity index (χ2n) is 19.5. The van der Waals surface area contributed by atoms with Crippen molar-refractivity contribution < 1.29 is 58.4 Å². The summed E-state index contributed by atoms with van der Waals surface area (Å²) >= 11 is 0. The molecule has 0 fully saturated rings. The average molecular weight is 984 g/mol. The fraction of sp³-hybridized carbons (Fsp3) is 0.647. The summed E-state index contributed by atoms with van der Waals surface area (Å²) in [4.78, 5) is 109. The molecular weight excluding hydrogens is 903 g/mol. The predicted molar refractivity (Wildman–Crippen MR) is 264 cm³/mol. The molecule has 2 rings (SSSR count). The highest BCUT2D eigenvalue weighted by atomic mass is 16.5. The molecule has 70 heavy (non-hydrogen) atoms. The lowest BCUT2D eigenvalue weighted by Gasteiger charge is -2.32. The molecule has 1 aliphatic heterocycles. The van der Waals surface area contributed by atoms with Crippen molar-refractivity contribution in [1.29, 1.82) is 0 Å². The van der Waals surface area contributed by atoms with Crippen molar-refractivity contribution in [2.24, 2.45) is 23.7 Å². The molecule has 0 saturated heterocycles. The summed E-state index contributed by atoms with van der Waals surface area (Å²) in [7, 11) is 1.42. The van der Waals surface area contributed by atoms with Gasteiger partial charge in [0.1, 0.15) is 42.6 Å². The van der Waals surface area contributed by atoms with E-state index in [9.17, 15) is 53.7 Å². The average Bonchev–Trinajstić information content (AvgIpc) is 3.29. The molecule has 1 aromatic carbocycles. The number of hydrogen-bond acceptors (Lipinski definition) is 12. The van der Waals surface area contributed by atoms with E-state index in [0.29, 0.717) is 12.0 Å². The number of allylic oxidation sites excluding steroid dienone is 1. The van der Waals surface area contributed by atoms with E-state index >= 15 is 0 Å². The van der Waals surface area contributed by atoms with Crippen molar-refractivity contribution in [3.05, 3.63) is 54.1 Å². The molecule has 1 aromatic rings. The first-order valence-electron chi connectivity index (χ1n) is 24.6. The van der Waals surface area contributed by atoms with Gasteiger partial charge in [-0.25, -0.2) is 4.79 Å². The zero-order valence-corrected chi connectivity index (χ0v) is 42.8. The fourth-order valence-electron chi connectivity index (χ4n) is 7.59. The molecular formula is C51H81N7O12. The largest absolute Gasteiger partial charge is 0.508 e. The van der Waals surface area contributed by atoms with Gasteiger partial charge in [-0.05, 0) is 60.6 Å². The third-order valence-corrected chi connectivity index (χ3v) is 11.8. The van der Waals surface area contributed by atoms with Gasteiger partial charge in [0.05, 0.1) is 31.2 Å². The van der Waals surface area contributed by atoms with Gasteiger partial charge in [-0.3, -0.25) is 33.6 Å². The lowest BCUT2D eigenvalue weighted by Crippen LogP contribution is -2.59. The molecule has 19 nitrogen and oxygen atoms in total. The highest BCUT2D eigenvalue weighted by Gasteiger charge is 2.37. The number of carbonyl (C=O) groups is 8. The summed E-state index contributed by atoms with van der Waals surface area (Å²) in [5, 5.41) is 47.1. The Morgan fingerprint density at radius 1 is 0.829 bits per heavy atom. The van der Waals surface area contributed by atoms with Gasteiger partial charge >= 0.3 is 5.97 Å². The first-order valence-corrected chi connectivity index (χ1v) is 24.6. The van der Waals surface area contributed by atoms with Crippen LogP contribution in [0.4, 0.5) is 0 Å². The third kappa shape index (κ3) is 21.0. The van der Waals surface area contributed by atoms with Gasteiger partial charge in [-0.15, -0.1) is 0 Å². The number of aliphatic hydroxyl groups is 2. The molecule has 0 aliphatic carbocycles. The summed E-state index contributed by atoms with van der Waals surface area (Å²) in [5.41, 5.74) is 0.610. The Bertz CT molecular complexity index is 1940. The van der Waals surface area contributed by atoms with E-state index in [-0.39, 0.29) is 36.3 Å². The third-order valence-electron chi connectivity index (χ3n) is 11.8. The number of esters is 1. The molecule has 1 heterocycles. The zero-order valence-electron chi connectivity index (χ0n) is 42.8. The summed E-state index contributed by atoms with van der Waals surface area (Å²) in [6, 6.07) is -1.87. The van der Waals surface area contributed by atoms with Gasteiger partial charge in [-0.2, -0.15) is 0 Å². The van der Waals surface area contributed by atoms with E-state index in [1.54, 1.807) is 59.8 Å². The fourth-order valence-corrected chi connectivity index (χ4v) is 7.59. The molecule has 0 saturated carbocycles. The van der Waals surface area contributed by atoms with Gasteiger partial charge in [0.2, 0.25) is 41.4 Å². The van der Waals surface area contributed by atoms with Crippen LogP contribution < -0.4 is 31.9 Å². The quantitative estimate of drug-likeness (QED) is 0.0368. The van der Waals surface area contributed by atoms with Crippen LogP contribution >= 0.6 is 0 Å². The summed E-state index contributed by atoms with van der Waals surface area (Å²) < 4.78 is 5.65. The topological polar surface area (TPSA) is 282 Å². The zero-order chi connectivity index (χ0) is 52.7. The monoisotopic (exact) mass is 984 g/mol. The number of cyclic esters (lactones) is 1.